The fraction of sp³-hybridized carbons (Fsp3) is 0.333. The second-order valence-corrected chi connectivity index (χ2v) is 32.6. The number of anilines is 1. The summed E-state index contributed by atoms with van der Waals surface area (Å²) in [6, 6.07) is 33.1. The Morgan fingerprint density at radius 3 is 0.883 bits per heavy atom. The number of aryl methyl sites for hydroxylation is 1. The summed E-state index contributed by atoms with van der Waals surface area (Å²) < 4.78 is 222. The Balaban J connectivity index is 0.000000402. The molecule has 8 heterocycles. The van der Waals surface area contributed by atoms with E-state index in [9.17, 15) is 143 Å². The van der Waals surface area contributed by atoms with E-state index in [1.54, 1.807) is 55.5 Å². The molecule has 11 aromatic rings. The number of benzene rings is 9. The van der Waals surface area contributed by atoms with E-state index in [4.69, 9.17) is 4.74 Å². The standard InChI is InChI=1S/C33H20F6N2O5.C24H21F3N2O4.C21H18N2O4.C17H12F6N2O4.10CH4/c1-17-3-9-21(10-4-17)46-22-11-7-20(8-12-22)41-29(44)24-14-6-19(16-26(24)30(41)45)31(32(34,35)36,33(37,38)39)18-5-13-23-25(15-18)28(43)40(2)27(23)42;1-4-5-10-29-21(32)16-9-7-14(12-18(16)22(29)33)23(2,24(25,26)27)13-6-8-15-17(11-13)20(31)28(3)19(15)30;1-3-4-9-23-20(26)15-8-6-13(11-17(15)21(23)27)12-5-7-14-16(10-12)19(25)22(2)18(14)24;1-3-4-5-25-14(28)8-9(15(25)29)11(17(21,22)23)7-6(10(8)16(18,19)20)12(26)24(2)13(7)27;;;;;;;;;;/h3-16H,1-2H3;6-9,11-12H,4-5,10H2,1-3H3;5-8,10-11H,3-4,9H2,1-2H3;3-5H2,1-2H3;10*1H4. The SMILES string of the molecule is C.C.C.C.C.C.C.C.C.C.CCCCN1C(=O)c2ccc(-c3ccc4c(c3)C(=O)N(C)C4=O)cc2C1=O.CCCCN1C(=O)c2ccc(C(C)(c3ccc4c(c3)C(=O)N(C)C4=O)C(F)(F)F)cc2C1=O.CCCCn1c(=O)c2c(C(F)(F)F)c3c(=O)n(C)c(=O)c3c(C(F)(F)F)c2c1=O.Cc1ccc(Oc2ccc(N3C(=O)c4ccc(C(c5ccc6c(c5)C(=O)N(C)C6=O)(C(F)(F)F)C(F)(F)F)cc4C3=O)cc2)cc1. The lowest BCUT2D eigenvalue weighted by atomic mass is 9.71. The summed E-state index contributed by atoms with van der Waals surface area (Å²) in [5.41, 5.74) is -19.1. The van der Waals surface area contributed by atoms with Gasteiger partial charge in [0.25, 0.3) is 93.1 Å². The normalized spacial score (nSPS) is 14.3. The van der Waals surface area contributed by atoms with Gasteiger partial charge in [0, 0.05) is 47.8 Å². The molecule has 0 spiro atoms. The van der Waals surface area contributed by atoms with Crippen LogP contribution in [0.15, 0.2) is 177 Å². The molecular weight excluding hydrogens is 1930 g/mol. The van der Waals surface area contributed by atoms with Crippen LogP contribution in [-0.4, -0.2) is 157 Å². The van der Waals surface area contributed by atoms with Gasteiger partial charge in [0.1, 0.15) is 16.9 Å². The molecule has 12 amide bonds. The summed E-state index contributed by atoms with van der Waals surface area (Å²) in [7, 11) is 4.48. The molecule has 0 fully saturated rings. The van der Waals surface area contributed by atoms with Crippen LogP contribution >= 0.6 is 0 Å². The topological polar surface area (TPSA) is 312 Å². The van der Waals surface area contributed by atoms with Crippen molar-refractivity contribution in [1.29, 1.82) is 0 Å². The van der Waals surface area contributed by atoms with Crippen LogP contribution in [0.25, 0.3) is 32.7 Å². The molecule has 0 N–H and O–H groups in total. The van der Waals surface area contributed by atoms with E-state index >= 15 is 0 Å². The maximum absolute atomic E-state index is 14.9. The van der Waals surface area contributed by atoms with Gasteiger partial charge >= 0.3 is 30.9 Å². The van der Waals surface area contributed by atoms with Crippen LogP contribution in [-0.2, 0) is 36.8 Å². The summed E-state index contributed by atoms with van der Waals surface area (Å²) in [6.07, 6.45) is -24.3. The Morgan fingerprint density at radius 1 is 0.283 bits per heavy atom. The minimum atomic E-state index is -6.05. The summed E-state index contributed by atoms with van der Waals surface area (Å²) in [5.74, 6) is -6.78. The molecule has 0 saturated heterocycles. The number of ether oxygens (including phenoxy) is 1. The van der Waals surface area contributed by atoms with Gasteiger partial charge in [-0.25, -0.2) is 4.90 Å². The van der Waals surface area contributed by atoms with Crippen molar-refractivity contribution >= 4 is 98.1 Å². The first-order valence-electron chi connectivity index (χ1n) is 41.2. The van der Waals surface area contributed by atoms with E-state index in [-0.39, 0.29) is 165 Å². The summed E-state index contributed by atoms with van der Waals surface area (Å²) >= 11 is 0. The van der Waals surface area contributed by atoms with Crippen molar-refractivity contribution in [2.45, 2.75) is 196 Å². The van der Waals surface area contributed by atoms with Crippen LogP contribution in [0.5, 0.6) is 11.5 Å². The predicted octanol–water partition coefficient (Wildman–Crippen LogP) is 23.0. The Labute approximate surface area is 825 Å². The van der Waals surface area contributed by atoms with E-state index in [0.717, 1.165) is 88.9 Å². The highest BCUT2D eigenvalue weighted by Gasteiger charge is 2.73. The number of fused-ring (bicyclic) bond motifs is 8. The highest BCUT2D eigenvalue weighted by Crippen LogP contribution is 2.58. The van der Waals surface area contributed by atoms with Crippen molar-refractivity contribution < 1.29 is 128 Å². The molecule has 40 heteroatoms. The van der Waals surface area contributed by atoms with Gasteiger partial charge in [-0.2, -0.15) is 65.9 Å². The average molecular weight is 2040 g/mol. The molecule has 0 bridgehead atoms. The minimum Gasteiger partial charge on any atom is -0.457 e. The number of nitrogens with zero attached hydrogens (tertiary/aromatic N) is 8. The maximum atomic E-state index is 14.9. The number of imide groups is 6. The summed E-state index contributed by atoms with van der Waals surface area (Å²) in [6.45, 7) is 8.62. The Hall–Kier alpha value is -15.2. The van der Waals surface area contributed by atoms with Gasteiger partial charge in [-0.15, -0.1) is 0 Å². The lowest BCUT2D eigenvalue weighted by Crippen LogP contribution is -2.55. The number of carbonyl (C=O) groups is 12. The third-order valence-corrected chi connectivity index (χ3v) is 24.4. The number of aromatic nitrogens is 2. The molecule has 145 heavy (non-hydrogen) atoms. The highest BCUT2D eigenvalue weighted by atomic mass is 19.4. The van der Waals surface area contributed by atoms with Crippen LogP contribution in [0.4, 0.5) is 71.5 Å². The Bertz CT molecular complexity index is 7120. The van der Waals surface area contributed by atoms with Gasteiger partial charge in [0.05, 0.1) is 105 Å². The fourth-order valence-electron chi connectivity index (χ4n) is 17.0. The van der Waals surface area contributed by atoms with E-state index in [1.165, 1.54) is 67.5 Å². The van der Waals surface area contributed by atoms with Crippen LogP contribution in [0.3, 0.4) is 0 Å². The van der Waals surface area contributed by atoms with Gasteiger partial charge in [-0.05, 0) is 176 Å². The van der Waals surface area contributed by atoms with Crippen LogP contribution in [0, 0.1) is 6.92 Å². The molecule has 6 aliphatic rings. The number of halogens is 15. The average Bonchev–Trinajstić information content (AvgIpc) is 1.56. The number of alkyl halides is 15. The zero-order valence-electron chi connectivity index (χ0n) is 72.1. The van der Waals surface area contributed by atoms with Crippen LogP contribution in [0.1, 0.15) is 304 Å². The second kappa shape index (κ2) is 44.0. The molecule has 0 aliphatic carbocycles. The van der Waals surface area contributed by atoms with E-state index in [2.05, 4.69) is 0 Å². The van der Waals surface area contributed by atoms with Gasteiger partial charge in [-0.3, -0.25) is 110 Å². The third kappa shape index (κ3) is 20.0. The molecule has 6 aliphatic heterocycles. The number of hydrogen-bond donors (Lipinski definition) is 0. The molecular formula is C105H111F15N8O17. The van der Waals surface area contributed by atoms with Crippen LogP contribution in [0.2, 0.25) is 0 Å². The van der Waals surface area contributed by atoms with E-state index < -0.39 is 178 Å². The molecule has 1 atom stereocenters. The van der Waals surface area contributed by atoms with Gasteiger partial charge < -0.3 is 4.74 Å². The summed E-state index contributed by atoms with van der Waals surface area (Å²) in [4.78, 5) is 206. The zero-order valence-corrected chi connectivity index (χ0v) is 72.1. The molecule has 9 aromatic carbocycles. The number of hydrogen-bond acceptors (Lipinski definition) is 17. The lowest BCUT2D eigenvalue weighted by molar-refractivity contribution is -0.288. The summed E-state index contributed by atoms with van der Waals surface area (Å²) in [5, 5.41) is -6.20. The van der Waals surface area contributed by atoms with Crippen molar-refractivity contribution in [3.05, 3.63) is 305 Å². The molecule has 25 nitrogen and oxygen atoms in total. The minimum absolute atomic E-state index is 0. The Kier molecular flexibility index (Phi) is 37.0. The van der Waals surface area contributed by atoms with Gasteiger partial charge in [0.2, 0.25) is 5.41 Å². The van der Waals surface area contributed by atoms with E-state index in [0.29, 0.717) is 94.3 Å². The molecule has 0 saturated carbocycles. The first kappa shape index (κ1) is 122. The first-order valence-corrected chi connectivity index (χ1v) is 41.2. The smallest absolute Gasteiger partial charge is 0.418 e. The van der Waals surface area contributed by atoms with Crippen molar-refractivity contribution in [2.24, 2.45) is 7.05 Å². The second-order valence-electron chi connectivity index (χ2n) is 32.6. The van der Waals surface area contributed by atoms with Crippen LogP contribution < -0.4 is 31.9 Å². The van der Waals surface area contributed by atoms with Gasteiger partial charge in [0.15, 0.2) is 0 Å². The van der Waals surface area contributed by atoms with E-state index in [1.807, 2.05) is 32.9 Å². The first-order chi connectivity index (χ1) is 63.2. The lowest BCUT2D eigenvalue weighted by Gasteiger charge is -2.38. The monoisotopic (exact) mass is 2040 g/mol. The quantitative estimate of drug-likeness (QED) is 0.0604. The largest absolute Gasteiger partial charge is 0.457 e. The van der Waals surface area contributed by atoms with Crippen molar-refractivity contribution in [3.8, 4) is 22.6 Å². The number of carbonyl (C=O) groups excluding carboxylic acids is 12. The number of amides is 12. The van der Waals surface area contributed by atoms with Crippen molar-refractivity contribution in [1.82, 2.24) is 33.6 Å². The zero-order chi connectivity index (χ0) is 99.0. The van der Waals surface area contributed by atoms with Gasteiger partial charge in [-0.1, -0.05) is 168 Å². The maximum Gasteiger partial charge on any atom is 0.418 e. The predicted molar refractivity (Wildman–Crippen MR) is 520 cm³/mol. The highest BCUT2D eigenvalue weighted by molar-refractivity contribution is 6.35. The number of rotatable bonds is 17. The van der Waals surface area contributed by atoms with Crippen molar-refractivity contribution in [2.75, 3.05) is 39.1 Å². The molecule has 2 aromatic heterocycles. The third-order valence-electron chi connectivity index (χ3n) is 24.4. The fourth-order valence-corrected chi connectivity index (χ4v) is 17.0. The molecule has 778 valence electrons. The molecule has 0 radical (unpaired) electrons. The Morgan fingerprint density at radius 2 is 0.545 bits per heavy atom. The number of unbranched alkanes of at least 4 members (excludes halogenated alkanes) is 3. The molecule has 1 unspecified atom stereocenters. The van der Waals surface area contributed by atoms with Crippen molar-refractivity contribution in [3.63, 3.8) is 0 Å². The molecule has 17 rings (SSSR count).